The van der Waals surface area contributed by atoms with Gasteiger partial charge in [0.2, 0.25) is 0 Å². The van der Waals surface area contributed by atoms with Crippen molar-refractivity contribution in [2.24, 2.45) is 0 Å². The smallest absolute Gasteiger partial charge is 0.335 e. The van der Waals surface area contributed by atoms with Gasteiger partial charge in [-0.15, -0.1) is 4.73 Å². The average molecular weight is 331 g/mol. The van der Waals surface area contributed by atoms with Gasteiger partial charge in [-0.1, -0.05) is 18.2 Å². The van der Waals surface area contributed by atoms with Gasteiger partial charge in [-0.3, -0.25) is 5.41 Å². The van der Waals surface area contributed by atoms with E-state index < -0.39 is 5.97 Å². The van der Waals surface area contributed by atoms with Crippen molar-refractivity contribution in [3.8, 4) is 0 Å². The number of aromatic carboxylic acids is 1. The molecule has 2 aromatic rings. The van der Waals surface area contributed by atoms with E-state index in [2.05, 4.69) is 9.88 Å². The van der Waals surface area contributed by atoms with E-state index in [9.17, 15) is 10.0 Å². The lowest BCUT2D eigenvalue weighted by Crippen LogP contribution is -2.33. The summed E-state index contributed by atoms with van der Waals surface area (Å²) in [5, 5.41) is 25.1. The van der Waals surface area contributed by atoms with Crippen LogP contribution in [0.25, 0.3) is 0 Å². The van der Waals surface area contributed by atoms with E-state index in [0.717, 1.165) is 25.9 Å². The molecule has 0 unspecified atom stereocenters. The number of carboxylic acids is 1. The van der Waals surface area contributed by atoms with Gasteiger partial charge in [0.25, 0.3) is 5.62 Å². The Labute approximate surface area is 139 Å². The van der Waals surface area contributed by atoms with E-state index in [-0.39, 0.29) is 11.4 Å². The first kappa shape index (κ1) is 17.3. The molecule has 1 saturated heterocycles. The van der Waals surface area contributed by atoms with E-state index in [1.807, 2.05) is 0 Å². The second kappa shape index (κ2) is 8.00. The van der Waals surface area contributed by atoms with Crippen LogP contribution in [0.15, 0.2) is 36.4 Å². The highest BCUT2D eigenvalue weighted by molar-refractivity contribution is 5.87. The summed E-state index contributed by atoms with van der Waals surface area (Å²) in [5.74, 6) is -0.0475. The van der Waals surface area contributed by atoms with Gasteiger partial charge in [0.15, 0.2) is 0 Å². The Hall–Kier alpha value is -3.03. The molecule has 24 heavy (non-hydrogen) atoms. The van der Waals surface area contributed by atoms with E-state index in [1.54, 1.807) is 36.4 Å². The Morgan fingerprint density at radius 1 is 1.17 bits per heavy atom. The summed E-state index contributed by atoms with van der Waals surface area (Å²) in [5.41, 5.74) is 5.66. The zero-order chi connectivity index (χ0) is 17.5. The number of anilines is 2. The third-order valence-electron chi connectivity index (χ3n) is 3.64. The van der Waals surface area contributed by atoms with Gasteiger partial charge in [0.1, 0.15) is 11.6 Å². The summed E-state index contributed by atoms with van der Waals surface area (Å²) < 4.78 is 0.577. The van der Waals surface area contributed by atoms with Crippen molar-refractivity contribution in [3.05, 3.63) is 47.6 Å². The Morgan fingerprint density at radius 3 is 2.29 bits per heavy atom. The van der Waals surface area contributed by atoms with Crippen LogP contribution in [0.4, 0.5) is 11.6 Å². The number of hydrogen-bond acceptors (Lipinski definition) is 6. The molecule has 5 N–H and O–H groups in total. The highest BCUT2D eigenvalue weighted by atomic mass is 16.5. The number of rotatable bonds is 2. The maximum atomic E-state index is 10.2. The Balaban J connectivity index is 0.000000198. The van der Waals surface area contributed by atoms with Gasteiger partial charge < -0.3 is 20.9 Å². The van der Waals surface area contributed by atoms with Crippen LogP contribution >= 0.6 is 0 Å². The van der Waals surface area contributed by atoms with Gasteiger partial charge in [0, 0.05) is 19.2 Å². The minimum atomic E-state index is -0.879. The largest absolute Gasteiger partial charge is 0.478 e. The number of carbonyl (C=O) groups is 1. The van der Waals surface area contributed by atoms with Crippen LogP contribution in [-0.2, 0) is 0 Å². The minimum absolute atomic E-state index is 0.149. The molecule has 3 rings (SSSR count). The first-order chi connectivity index (χ1) is 11.5. The molecule has 0 amide bonds. The zero-order valence-electron chi connectivity index (χ0n) is 13.2. The van der Waals surface area contributed by atoms with Gasteiger partial charge in [0.05, 0.1) is 5.56 Å². The lowest BCUT2D eigenvalue weighted by Gasteiger charge is -2.27. The summed E-state index contributed by atoms with van der Waals surface area (Å²) in [6.45, 7) is 1.89. The third-order valence-corrected chi connectivity index (χ3v) is 3.64. The van der Waals surface area contributed by atoms with Gasteiger partial charge in [-0.05, 0) is 31.4 Å². The van der Waals surface area contributed by atoms with Crippen LogP contribution in [0.2, 0.25) is 0 Å². The Bertz CT molecular complexity index is 739. The number of hydrogen-bond donors (Lipinski definition) is 4. The number of nitrogens with two attached hydrogens (primary N) is 1. The predicted molar refractivity (Wildman–Crippen MR) is 89.1 cm³/mol. The fourth-order valence-electron chi connectivity index (χ4n) is 2.37. The molecule has 8 nitrogen and oxygen atoms in total. The highest BCUT2D eigenvalue weighted by Gasteiger charge is 2.13. The molecule has 8 heteroatoms. The number of carboxylic acid groups (broad SMARTS) is 1. The molecule has 0 bridgehead atoms. The van der Waals surface area contributed by atoms with Crippen molar-refractivity contribution in [1.29, 1.82) is 5.41 Å². The fourth-order valence-corrected chi connectivity index (χ4v) is 2.37. The molecule has 1 aliphatic rings. The molecule has 0 atom stereocenters. The van der Waals surface area contributed by atoms with Gasteiger partial charge in [-0.25, -0.2) is 4.79 Å². The van der Waals surface area contributed by atoms with Crippen LogP contribution < -0.4 is 16.3 Å². The number of nitrogen functional groups attached to an aromatic ring is 1. The number of piperidine rings is 1. The lowest BCUT2D eigenvalue weighted by molar-refractivity contribution is 0.0697. The molecule has 0 saturated carbocycles. The molecule has 0 aliphatic carbocycles. The lowest BCUT2D eigenvalue weighted by atomic mass is 10.1. The topological polar surface area (TPSA) is 128 Å². The quantitative estimate of drug-likeness (QED) is 0.618. The van der Waals surface area contributed by atoms with Gasteiger partial charge in [-0.2, -0.15) is 4.98 Å². The van der Waals surface area contributed by atoms with Crippen molar-refractivity contribution in [2.75, 3.05) is 23.7 Å². The van der Waals surface area contributed by atoms with Crippen LogP contribution in [0.5, 0.6) is 0 Å². The predicted octanol–water partition coefficient (Wildman–Crippen LogP) is 1.56. The summed E-state index contributed by atoms with van der Waals surface area (Å²) in [6.07, 6.45) is 3.53. The first-order valence-electron chi connectivity index (χ1n) is 7.65. The van der Waals surface area contributed by atoms with E-state index >= 15 is 0 Å². The minimum Gasteiger partial charge on any atom is -0.478 e. The van der Waals surface area contributed by atoms with E-state index in [4.69, 9.17) is 16.2 Å². The molecule has 128 valence electrons. The standard InChI is InChI=1S/C9H15N5O.C7H6O2/c10-7-6-8(12-9(11)14(7)15)13-4-2-1-3-5-13;8-7(9)6-4-2-1-3-5-6/h6,11,15H,1-5,10H2;1-5H,(H,8,9). The number of benzene rings is 1. The SMILES string of the molecule is N=c1nc(N2CCCCC2)cc(N)n1O.O=C(O)c1ccccc1. The van der Waals surface area contributed by atoms with Crippen LogP contribution in [0.3, 0.4) is 0 Å². The monoisotopic (exact) mass is 331 g/mol. The molecule has 2 heterocycles. The summed E-state index contributed by atoms with van der Waals surface area (Å²) in [7, 11) is 0. The Kier molecular flexibility index (Phi) is 5.78. The molecule has 1 fully saturated rings. The molecular formula is C16H21N5O3. The molecule has 0 spiro atoms. The molecule has 1 aromatic carbocycles. The maximum absolute atomic E-state index is 10.2. The second-order valence-corrected chi connectivity index (χ2v) is 5.39. The van der Waals surface area contributed by atoms with Crippen molar-refractivity contribution in [3.63, 3.8) is 0 Å². The molecule has 1 aromatic heterocycles. The zero-order valence-corrected chi connectivity index (χ0v) is 13.2. The molecule has 0 radical (unpaired) electrons. The first-order valence-corrected chi connectivity index (χ1v) is 7.65. The van der Waals surface area contributed by atoms with Crippen molar-refractivity contribution in [1.82, 2.24) is 9.71 Å². The summed E-state index contributed by atoms with van der Waals surface area (Å²) >= 11 is 0. The summed E-state index contributed by atoms with van der Waals surface area (Å²) in [6, 6.07) is 9.90. The van der Waals surface area contributed by atoms with Crippen molar-refractivity contribution < 1.29 is 15.1 Å². The van der Waals surface area contributed by atoms with Crippen molar-refractivity contribution >= 4 is 17.6 Å². The number of aromatic nitrogens is 2. The second-order valence-electron chi connectivity index (χ2n) is 5.39. The molecular weight excluding hydrogens is 310 g/mol. The van der Waals surface area contributed by atoms with E-state index in [1.165, 1.54) is 6.42 Å². The van der Waals surface area contributed by atoms with E-state index in [0.29, 0.717) is 16.1 Å². The number of nitrogens with zero attached hydrogens (tertiary/aromatic N) is 3. The van der Waals surface area contributed by atoms with Crippen molar-refractivity contribution in [2.45, 2.75) is 19.3 Å². The fraction of sp³-hybridized carbons (Fsp3) is 0.312. The maximum Gasteiger partial charge on any atom is 0.335 e. The van der Waals surface area contributed by atoms with Gasteiger partial charge >= 0.3 is 5.97 Å². The Morgan fingerprint density at radius 2 is 1.79 bits per heavy atom. The summed E-state index contributed by atoms with van der Waals surface area (Å²) in [4.78, 5) is 16.3. The van der Waals surface area contributed by atoms with Crippen LogP contribution in [-0.4, -0.2) is 39.1 Å². The normalized spacial score (nSPS) is 13.8. The van der Waals surface area contributed by atoms with Crippen LogP contribution in [0, 0.1) is 5.41 Å². The molecule has 1 aliphatic heterocycles. The third kappa shape index (κ3) is 4.48. The number of nitrogens with one attached hydrogen (secondary N) is 1. The highest BCUT2D eigenvalue weighted by Crippen LogP contribution is 2.17. The average Bonchev–Trinajstić information content (AvgIpc) is 2.61. The van der Waals surface area contributed by atoms with Crippen LogP contribution in [0.1, 0.15) is 29.6 Å².